The van der Waals surface area contributed by atoms with E-state index in [-0.39, 0.29) is 6.04 Å². The summed E-state index contributed by atoms with van der Waals surface area (Å²) in [5, 5.41) is 0. The van der Waals surface area contributed by atoms with Crippen molar-refractivity contribution in [3.8, 4) is 0 Å². The molecule has 0 spiro atoms. The quantitative estimate of drug-likeness (QED) is 0.830. The number of hydrogen-bond acceptors (Lipinski definition) is 1. The van der Waals surface area contributed by atoms with Crippen LogP contribution in [0.15, 0.2) is 24.3 Å². The highest BCUT2D eigenvalue weighted by Crippen LogP contribution is 2.38. The van der Waals surface area contributed by atoms with Gasteiger partial charge in [0.05, 0.1) is 0 Å². The standard InChI is InChI=1S/C16H25N/c1-3-6-13-8-5-9-14(11-13)16(17)15-10-4-7-12(15)2/h5,8-9,11-12,15-16H,3-4,6-7,10,17H2,1-2H3. The maximum Gasteiger partial charge on any atom is 0.0326 e. The van der Waals surface area contributed by atoms with Gasteiger partial charge in [0.15, 0.2) is 0 Å². The molecule has 94 valence electrons. The normalized spacial score (nSPS) is 26.1. The zero-order chi connectivity index (χ0) is 12.3. The minimum Gasteiger partial charge on any atom is -0.324 e. The lowest BCUT2D eigenvalue weighted by Gasteiger charge is -2.24. The van der Waals surface area contributed by atoms with E-state index in [0.717, 1.165) is 5.92 Å². The fourth-order valence-electron chi connectivity index (χ4n) is 3.20. The minimum atomic E-state index is 0.240. The van der Waals surface area contributed by atoms with Crippen LogP contribution in [0.25, 0.3) is 0 Å². The molecular weight excluding hydrogens is 206 g/mol. The van der Waals surface area contributed by atoms with Gasteiger partial charge in [-0.05, 0) is 35.8 Å². The summed E-state index contributed by atoms with van der Waals surface area (Å²) in [6.45, 7) is 4.58. The molecule has 17 heavy (non-hydrogen) atoms. The maximum absolute atomic E-state index is 6.46. The summed E-state index contributed by atoms with van der Waals surface area (Å²) in [6.07, 6.45) is 6.39. The fraction of sp³-hybridized carbons (Fsp3) is 0.625. The van der Waals surface area contributed by atoms with Crippen LogP contribution in [0.4, 0.5) is 0 Å². The summed E-state index contributed by atoms with van der Waals surface area (Å²) < 4.78 is 0. The van der Waals surface area contributed by atoms with Gasteiger partial charge in [-0.1, -0.05) is 57.4 Å². The molecule has 2 rings (SSSR count). The largest absolute Gasteiger partial charge is 0.324 e. The summed E-state index contributed by atoms with van der Waals surface area (Å²) in [7, 11) is 0. The number of hydrogen-bond donors (Lipinski definition) is 1. The summed E-state index contributed by atoms with van der Waals surface area (Å²) in [5.41, 5.74) is 9.23. The van der Waals surface area contributed by atoms with Gasteiger partial charge in [-0.2, -0.15) is 0 Å². The fourth-order valence-corrected chi connectivity index (χ4v) is 3.20. The average Bonchev–Trinajstić information content (AvgIpc) is 2.75. The van der Waals surface area contributed by atoms with Gasteiger partial charge in [0, 0.05) is 6.04 Å². The van der Waals surface area contributed by atoms with E-state index >= 15 is 0 Å². The summed E-state index contributed by atoms with van der Waals surface area (Å²) in [5.74, 6) is 1.48. The zero-order valence-electron chi connectivity index (χ0n) is 11.2. The molecule has 0 bridgehead atoms. The van der Waals surface area contributed by atoms with Crippen molar-refractivity contribution in [2.24, 2.45) is 17.6 Å². The van der Waals surface area contributed by atoms with Crippen LogP contribution in [-0.2, 0) is 6.42 Å². The van der Waals surface area contributed by atoms with Crippen LogP contribution >= 0.6 is 0 Å². The number of aryl methyl sites for hydroxylation is 1. The smallest absolute Gasteiger partial charge is 0.0326 e. The molecule has 3 atom stereocenters. The molecule has 2 N–H and O–H groups in total. The van der Waals surface area contributed by atoms with Gasteiger partial charge in [0.2, 0.25) is 0 Å². The van der Waals surface area contributed by atoms with E-state index in [1.54, 1.807) is 0 Å². The van der Waals surface area contributed by atoms with E-state index in [1.165, 1.54) is 43.2 Å². The average molecular weight is 231 g/mol. The van der Waals surface area contributed by atoms with E-state index < -0.39 is 0 Å². The Labute approximate surface area is 105 Å². The minimum absolute atomic E-state index is 0.240. The predicted molar refractivity (Wildman–Crippen MR) is 73.9 cm³/mol. The Morgan fingerprint density at radius 1 is 1.35 bits per heavy atom. The molecule has 0 radical (unpaired) electrons. The van der Waals surface area contributed by atoms with Crippen molar-refractivity contribution >= 4 is 0 Å². The summed E-state index contributed by atoms with van der Waals surface area (Å²) >= 11 is 0. The molecule has 1 aromatic rings. The second kappa shape index (κ2) is 5.68. The molecule has 1 aliphatic rings. The van der Waals surface area contributed by atoms with Crippen molar-refractivity contribution in [3.05, 3.63) is 35.4 Å². The molecule has 3 unspecified atom stereocenters. The van der Waals surface area contributed by atoms with Crippen molar-refractivity contribution in [2.45, 2.75) is 52.0 Å². The van der Waals surface area contributed by atoms with Gasteiger partial charge in [-0.3, -0.25) is 0 Å². The van der Waals surface area contributed by atoms with Crippen molar-refractivity contribution in [2.75, 3.05) is 0 Å². The van der Waals surface area contributed by atoms with Gasteiger partial charge in [-0.25, -0.2) is 0 Å². The second-order valence-corrected chi connectivity index (χ2v) is 5.59. The SMILES string of the molecule is CCCc1cccc(C(N)C2CCCC2C)c1. The number of nitrogens with two attached hydrogens (primary N) is 1. The second-order valence-electron chi connectivity index (χ2n) is 5.59. The van der Waals surface area contributed by atoms with Gasteiger partial charge in [-0.15, -0.1) is 0 Å². The van der Waals surface area contributed by atoms with Crippen molar-refractivity contribution in [1.29, 1.82) is 0 Å². The first kappa shape index (κ1) is 12.6. The van der Waals surface area contributed by atoms with Crippen LogP contribution in [0.3, 0.4) is 0 Å². The highest BCUT2D eigenvalue weighted by Gasteiger charge is 2.29. The highest BCUT2D eigenvalue weighted by atomic mass is 14.7. The van der Waals surface area contributed by atoms with E-state index in [1.807, 2.05) is 0 Å². The van der Waals surface area contributed by atoms with Crippen molar-refractivity contribution in [1.82, 2.24) is 0 Å². The molecule has 1 aromatic carbocycles. The first-order chi connectivity index (χ1) is 8.22. The van der Waals surface area contributed by atoms with Crippen LogP contribution in [-0.4, -0.2) is 0 Å². The molecule has 0 aromatic heterocycles. The molecule has 1 aliphatic carbocycles. The molecule has 1 fully saturated rings. The third kappa shape index (κ3) is 2.90. The van der Waals surface area contributed by atoms with E-state index in [0.29, 0.717) is 5.92 Å². The molecule has 0 heterocycles. The lowest BCUT2D eigenvalue weighted by Crippen LogP contribution is -2.23. The third-order valence-electron chi connectivity index (χ3n) is 4.26. The van der Waals surface area contributed by atoms with E-state index in [2.05, 4.69) is 38.1 Å². The Balaban J connectivity index is 2.12. The maximum atomic E-state index is 6.46. The van der Waals surface area contributed by atoms with Gasteiger partial charge in [0.25, 0.3) is 0 Å². The van der Waals surface area contributed by atoms with Crippen LogP contribution < -0.4 is 5.73 Å². The molecule has 0 aliphatic heterocycles. The van der Waals surface area contributed by atoms with Gasteiger partial charge in [0.1, 0.15) is 0 Å². The Kier molecular flexibility index (Phi) is 4.22. The van der Waals surface area contributed by atoms with E-state index in [9.17, 15) is 0 Å². The van der Waals surface area contributed by atoms with Crippen LogP contribution in [0.1, 0.15) is 56.7 Å². The molecule has 1 saturated carbocycles. The molecular formula is C16H25N. The van der Waals surface area contributed by atoms with E-state index in [4.69, 9.17) is 5.73 Å². The van der Waals surface area contributed by atoms with Crippen LogP contribution in [0.5, 0.6) is 0 Å². The zero-order valence-corrected chi connectivity index (χ0v) is 11.2. The monoisotopic (exact) mass is 231 g/mol. The molecule has 1 heteroatoms. The Morgan fingerprint density at radius 3 is 2.82 bits per heavy atom. The molecule has 0 amide bonds. The van der Waals surface area contributed by atoms with Gasteiger partial charge >= 0.3 is 0 Å². The highest BCUT2D eigenvalue weighted by molar-refractivity contribution is 5.26. The Bertz CT molecular complexity index is 358. The first-order valence-corrected chi connectivity index (χ1v) is 7.06. The van der Waals surface area contributed by atoms with Crippen molar-refractivity contribution < 1.29 is 0 Å². The third-order valence-corrected chi connectivity index (χ3v) is 4.26. The molecule has 1 nitrogen and oxygen atoms in total. The Hall–Kier alpha value is -0.820. The molecule has 0 saturated heterocycles. The Morgan fingerprint density at radius 2 is 2.18 bits per heavy atom. The number of rotatable bonds is 4. The number of benzene rings is 1. The lowest BCUT2D eigenvalue weighted by atomic mass is 9.86. The topological polar surface area (TPSA) is 26.0 Å². The van der Waals surface area contributed by atoms with Crippen LogP contribution in [0.2, 0.25) is 0 Å². The lowest BCUT2D eigenvalue weighted by molar-refractivity contribution is 0.351. The predicted octanol–water partition coefficient (Wildman–Crippen LogP) is 4.08. The summed E-state index contributed by atoms with van der Waals surface area (Å²) in [4.78, 5) is 0. The van der Waals surface area contributed by atoms with Gasteiger partial charge < -0.3 is 5.73 Å². The first-order valence-electron chi connectivity index (χ1n) is 7.06. The van der Waals surface area contributed by atoms with Crippen LogP contribution in [0, 0.1) is 11.8 Å². The van der Waals surface area contributed by atoms with Crippen molar-refractivity contribution in [3.63, 3.8) is 0 Å². The summed E-state index contributed by atoms with van der Waals surface area (Å²) in [6, 6.07) is 9.15.